The third-order valence-corrected chi connectivity index (χ3v) is 8.70. The molecule has 1 aliphatic carbocycles. The van der Waals surface area contributed by atoms with Crippen molar-refractivity contribution in [3.63, 3.8) is 0 Å². The lowest BCUT2D eigenvalue weighted by atomic mass is 9.97. The molecule has 0 bridgehead atoms. The molecule has 3 aromatic rings. The number of nitrogens with two attached hydrogens (primary N) is 1. The van der Waals surface area contributed by atoms with E-state index in [1.807, 2.05) is 37.3 Å². The van der Waals surface area contributed by atoms with Gasteiger partial charge in [0.15, 0.2) is 0 Å². The Morgan fingerprint density at radius 1 is 1.21 bits per heavy atom. The van der Waals surface area contributed by atoms with Crippen LogP contribution in [0, 0.1) is 12.8 Å². The zero-order chi connectivity index (χ0) is 23.6. The van der Waals surface area contributed by atoms with Crippen LogP contribution >= 0.6 is 27.3 Å². The summed E-state index contributed by atoms with van der Waals surface area (Å²) in [5, 5.41) is 0.887. The van der Waals surface area contributed by atoms with Gasteiger partial charge < -0.3 is 15.4 Å². The van der Waals surface area contributed by atoms with E-state index in [0.29, 0.717) is 29.6 Å². The highest BCUT2D eigenvalue weighted by atomic mass is 79.9. The molecule has 1 aromatic heterocycles. The Hall–Kier alpha value is -2.71. The number of carbonyl (C=O) groups is 2. The van der Waals surface area contributed by atoms with Gasteiger partial charge in [-0.3, -0.25) is 9.59 Å². The molecule has 1 unspecified atom stereocenters. The number of likely N-dealkylation sites (tertiary alicyclic amines) is 1. The Morgan fingerprint density at radius 3 is 2.76 bits per heavy atom. The van der Waals surface area contributed by atoms with Gasteiger partial charge in [-0.15, -0.1) is 11.3 Å². The first kappa shape index (κ1) is 21.8. The molecular weight excluding hydrogens is 514 g/mol. The van der Waals surface area contributed by atoms with Crippen molar-refractivity contribution in [3.8, 4) is 16.2 Å². The number of benzene rings is 2. The monoisotopic (exact) mass is 537 g/mol. The third kappa shape index (κ3) is 3.73. The molecule has 3 heterocycles. The van der Waals surface area contributed by atoms with Crippen molar-refractivity contribution in [3.05, 3.63) is 68.8 Å². The van der Waals surface area contributed by atoms with E-state index in [4.69, 9.17) is 10.5 Å². The molecule has 0 spiro atoms. The minimum absolute atomic E-state index is 0.0191. The molecule has 3 aliphatic rings. The van der Waals surface area contributed by atoms with E-state index in [2.05, 4.69) is 25.8 Å². The number of halogens is 1. The van der Waals surface area contributed by atoms with Gasteiger partial charge in [0.2, 0.25) is 5.91 Å². The predicted octanol–water partition coefficient (Wildman–Crippen LogP) is 4.98. The summed E-state index contributed by atoms with van der Waals surface area (Å²) >= 11 is 5.05. The van der Waals surface area contributed by atoms with Crippen LogP contribution in [0.25, 0.3) is 10.4 Å². The Bertz CT molecular complexity index is 1310. The molecule has 1 saturated carbocycles. The summed E-state index contributed by atoms with van der Waals surface area (Å²) in [6, 6.07) is 13.9. The second-order valence-corrected chi connectivity index (χ2v) is 11.5. The molecule has 2 aliphatic heterocycles. The average molecular weight is 538 g/mol. The number of rotatable bonds is 5. The fraction of sp³-hybridized carbons (Fsp3) is 0.346. The Balaban J connectivity index is 1.25. The highest BCUT2D eigenvalue weighted by molar-refractivity contribution is 9.10. The molecule has 8 heteroatoms. The van der Waals surface area contributed by atoms with Gasteiger partial charge >= 0.3 is 0 Å². The van der Waals surface area contributed by atoms with Gasteiger partial charge in [-0.05, 0) is 55.5 Å². The molecule has 2 fully saturated rings. The normalized spacial score (nSPS) is 24.5. The maximum absolute atomic E-state index is 13.9. The largest absolute Gasteiger partial charge is 0.490 e. The number of ether oxygens (including phenoxy) is 1. The Labute approximate surface area is 210 Å². The van der Waals surface area contributed by atoms with Gasteiger partial charge in [-0.2, -0.15) is 0 Å². The zero-order valence-corrected chi connectivity index (χ0v) is 21.1. The topological polar surface area (TPSA) is 85.5 Å². The molecule has 2 amide bonds. The summed E-state index contributed by atoms with van der Waals surface area (Å²) in [5.41, 5.74) is 8.53. The molecule has 34 heavy (non-hydrogen) atoms. The highest BCUT2D eigenvalue weighted by Gasteiger charge is 2.55. The minimum Gasteiger partial charge on any atom is -0.490 e. The lowest BCUT2D eigenvalue weighted by Crippen LogP contribution is -2.41. The summed E-state index contributed by atoms with van der Waals surface area (Å²) < 4.78 is 7.19. The molecule has 4 atom stereocenters. The van der Waals surface area contributed by atoms with Gasteiger partial charge in [0.1, 0.15) is 17.5 Å². The molecule has 2 N–H and O–H groups in total. The van der Waals surface area contributed by atoms with Crippen LogP contribution in [-0.4, -0.2) is 39.9 Å². The van der Waals surface area contributed by atoms with Crippen LogP contribution in [0.4, 0.5) is 0 Å². The van der Waals surface area contributed by atoms with Crippen molar-refractivity contribution in [2.45, 2.75) is 50.8 Å². The van der Waals surface area contributed by atoms with Gasteiger partial charge in [-0.25, -0.2) is 4.98 Å². The summed E-state index contributed by atoms with van der Waals surface area (Å²) in [4.78, 5) is 33.4. The number of aromatic nitrogens is 1. The van der Waals surface area contributed by atoms with Crippen LogP contribution in [0.3, 0.4) is 0 Å². The second kappa shape index (κ2) is 8.20. The van der Waals surface area contributed by atoms with Crippen molar-refractivity contribution in [1.29, 1.82) is 0 Å². The van der Waals surface area contributed by atoms with Crippen molar-refractivity contribution >= 4 is 39.1 Å². The number of hydrogen-bond donors (Lipinski definition) is 1. The van der Waals surface area contributed by atoms with Crippen molar-refractivity contribution in [2.75, 3.05) is 0 Å². The van der Waals surface area contributed by atoms with E-state index in [1.54, 1.807) is 23.5 Å². The van der Waals surface area contributed by atoms with Crippen molar-refractivity contribution < 1.29 is 14.3 Å². The van der Waals surface area contributed by atoms with E-state index in [0.717, 1.165) is 50.5 Å². The number of carbonyl (C=O) groups excluding carboxylic acids is 2. The smallest absolute Gasteiger partial charge is 0.274 e. The highest BCUT2D eigenvalue weighted by Crippen LogP contribution is 2.50. The zero-order valence-electron chi connectivity index (χ0n) is 18.7. The number of hydrogen-bond acceptors (Lipinski definition) is 5. The lowest BCUT2D eigenvalue weighted by Gasteiger charge is -2.29. The molecular formula is C26H24BrN3O3S. The molecule has 6 nitrogen and oxygen atoms in total. The summed E-state index contributed by atoms with van der Waals surface area (Å²) in [6.07, 6.45) is 3.36. The van der Waals surface area contributed by atoms with E-state index >= 15 is 0 Å². The number of primary amides is 1. The first-order valence-electron chi connectivity index (χ1n) is 11.5. The number of amides is 2. The molecule has 6 rings (SSSR count). The van der Waals surface area contributed by atoms with Crippen LogP contribution < -0.4 is 10.5 Å². The number of thiazole rings is 1. The van der Waals surface area contributed by atoms with Crippen molar-refractivity contribution in [2.24, 2.45) is 11.7 Å². The Kier molecular flexibility index (Phi) is 5.26. The first-order valence-corrected chi connectivity index (χ1v) is 13.1. The molecule has 1 saturated heterocycles. The maximum atomic E-state index is 13.9. The molecule has 174 valence electrons. The SMILES string of the molecule is Cc1nc(C(=O)N2[C@H](CC3Cc4c(cccc4C(N)=O)O3)C[C@@H]3C[C@@H]32)c(-c2ccc(Br)cc2)s1. The van der Waals surface area contributed by atoms with E-state index in [-0.39, 0.29) is 18.1 Å². The number of fused-ring (bicyclic) bond motifs is 2. The number of piperidine rings is 1. The number of aryl methyl sites for hydroxylation is 1. The Morgan fingerprint density at radius 2 is 2.00 bits per heavy atom. The lowest BCUT2D eigenvalue weighted by molar-refractivity contribution is 0.0647. The summed E-state index contributed by atoms with van der Waals surface area (Å²) in [5.74, 6) is 0.884. The molecule has 2 aromatic carbocycles. The van der Waals surface area contributed by atoms with Crippen molar-refractivity contribution in [1.82, 2.24) is 9.88 Å². The van der Waals surface area contributed by atoms with Crippen LogP contribution in [-0.2, 0) is 6.42 Å². The van der Waals surface area contributed by atoms with Crippen LogP contribution in [0.2, 0.25) is 0 Å². The van der Waals surface area contributed by atoms with E-state index in [1.165, 1.54) is 0 Å². The fourth-order valence-electron chi connectivity index (χ4n) is 5.58. The van der Waals surface area contributed by atoms with E-state index < -0.39 is 5.91 Å². The second-order valence-electron chi connectivity index (χ2n) is 9.41. The van der Waals surface area contributed by atoms with Gasteiger partial charge in [-0.1, -0.05) is 34.1 Å². The summed E-state index contributed by atoms with van der Waals surface area (Å²) in [6.45, 7) is 1.95. The van der Waals surface area contributed by atoms with Crippen LogP contribution in [0.15, 0.2) is 46.9 Å². The average Bonchev–Trinajstić information content (AvgIpc) is 3.13. The van der Waals surface area contributed by atoms with Gasteiger partial charge in [0.05, 0.1) is 9.88 Å². The number of nitrogens with zero attached hydrogens (tertiary/aromatic N) is 2. The molecule has 0 radical (unpaired) electrons. The fourth-order valence-corrected chi connectivity index (χ4v) is 6.76. The van der Waals surface area contributed by atoms with E-state index in [9.17, 15) is 9.59 Å². The minimum atomic E-state index is -0.431. The standard InChI is InChI=1S/C26H24BrN3O3S/c1-13-29-23(24(34-13)14-5-7-16(27)8-6-14)26(32)30-17(9-15-10-21(15)30)11-18-12-20-19(25(28)31)3-2-4-22(20)33-18/h2-8,15,17-18,21H,9-12H2,1H3,(H2,28,31)/t15-,17+,18?,21+/m1/s1. The van der Waals surface area contributed by atoms with Crippen LogP contribution in [0.5, 0.6) is 5.75 Å². The van der Waals surface area contributed by atoms with Gasteiger partial charge in [0, 0.05) is 40.5 Å². The predicted molar refractivity (Wildman–Crippen MR) is 134 cm³/mol. The first-order chi connectivity index (χ1) is 16.4. The summed E-state index contributed by atoms with van der Waals surface area (Å²) in [7, 11) is 0. The van der Waals surface area contributed by atoms with Gasteiger partial charge in [0.25, 0.3) is 5.91 Å². The van der Waals surface area contributed by atoms with Crippen LogP contribution in [0.1, 0.15) is 50.7 Å². The third-order valence-electron chi connectivity index (χ3n) is 7.15. The maximum Gasteiger partial charge on any atom is 0.274 e. The quantitative estimate of drug-likeness (QED) is 0.497.